The van der Waals surface area contributed by atoms with Gasteiger partial charge in [0.05, 0.1) is 0 Å². The van der Waals surface area contributed by atoms with Crippen LogP contribution in [0.2, 0.25) is 0 Å². The van der Waals surface area contributed by atoms with Crippen LogP contribution in [-0.2, 0) is 12.8 Å². The molecule has 1 aliphatic rings. The van der Waals surface area contributed by atoms with Crippen LogP contribution in [0.1, 0.15) is 49.4 Å². The zero-order valence-corrected chi connectivity index (χ0v) is 12.6. The predicted octanol–water partition coefficient (Wildman–Crippen LogP) is 3.97. The molecule has 0 bridgehead atoms. The molecule has 1 nitrogen and oxygen atoms in total. The summed E-state index contributed by atoms with van der Waals surface area (Å²) in [6, 6.07) is 7.53. The molecule has 2 heteroatoms. The Labute approximate surface area is 116 Å². The topological polar surface area (TPSA) is 12.0 Å². The first-order valence-electron chi connectivity index (χ1n) is 7.08. The van der Waals surface area contributed by atoms with E-state index in [1.807, 2.05) is 11.8 Å². The van der Waals surface area contributed by atoms with Gasteiger partial charge >= 0.3 is 0 Å². The highest BCUT2D eigenvalue weighted by Crippen LogP contribution is 2.25. The summed E-state index contributed by atoms with van der Waals surface area (Å²) in [5.41, 5.74) is 4.60. The fourth-order valence-electron chi connectivity index (χ4n) is 2.60. The molecule has 0 saturated heterocycles. The summed E-state index contributed by atoms with van der Waals surface area (Å²) in [6.07, 6.45) is 7.33. The highest BCUT2D eigenvalue weighted by molar-refractivity contribution is 7.99. The van der Waals surface area contributed by atoms with Crippen LogP contribution in [0.5, 0.6) is 0 Å². The Balaban J connectivity index is 1.87. The number of thioether (sulfide) groups is 1. The largest absolute Gasteiger partial charge is 0.310 e. The average molecular weight is 263 g/mol. The van der Waals surface area contributed by atoms with Crippen molar-refractivity contribution < 1.29 is 0 Å². The Hall–Kier alpha value is -0.470. The molecule has 100 valence electrons. The van der Waals surface area contributed by atoms with Gasteiger partial charge in [-0.1, -0.05) is 25.1 Å². The molecule has 18 heavy (non-hydrogen) atoms. The maximum atomic E-state index is 3.64. The first-order valence-corrected chi connectivity index (χ1v) is 8.37. The number of fused-ring (bicyclic) bond motifs is 1. The van der Waals surface area contributed by atoms with Crippen LogP contribution in [0.4, 0.5) is 0 Å². The molecule has 0 saturated carbocycles. The number of aryl methyl sites for hydroxylation is 2. The Kier molecular flexibility index (Phi) is 5.13. The van der Waals surface area contributed by atoms with Gasteiger partial charge in [-0.2, -0.15) is 11.8 Å². The fraction of sp³-hybridized carbons (Fsp3) is 0.625. The van der Waals surface area contributed by atoms with Crippen molar-refractivity contribution in [3.8, 4) is 0 Å². The lowest BCUT2D eigenvalue weighted by Gasteiger charge is -2.17. The molecule has 1 aromatic rings. The summed E-state index contributed by atoms with van der Waals surface area (Å²) in [7, 11) is 0. The minimum Gasteiger partial charge on any atom is -0.310 e. The van der Waals surface area contributed by atoms with Crippen molar-refractivity contribution in [1.29, 1.82) is 0 Å². The molecular formula is C16H25NS. The van der Waals surface area contributed by atoms with E-state index >= 15 is 0 Å². The van der Waals surface area contributed by atoms with Gasteiger partial charge in [0.1, 0.15) is 0 Å². The Morgan fingerprint density at radius 1 is 1.22 bits per heavy atom. The van der Waals surface area contributed by atoms with Gasteiger partial charge in [-0.15, -0.1) is 0 Å². The Morgan fingerprint density at radius 2 is 2.00 bits per heavy atom. The van der Waals surface area contributed by atoms with Crippen molar-refractivity contribution in [2.24, 2.45) is 0 Å². The lowest BCUT2D eigenvalue weighted by Crippen LogP contribution is -2.22. The van der Waals surface area contributed by atoms with Gasteiger partial charge in [-0.05, 0) is 62.1 Å². The van der Waals surface area contributed by atoms with E-state index in [-0.39, 0.29) is 0 Å². The third kappa shape index (κ3) is 3.52. The SMILES string of the molecule is CSC(C)CCNC(C)c1ccc2c(c1)CCC2. The van der Waals surface area contributed by atoms with E-state index < -0.39 is 0 Å². The lowest BCUT2D eigenvalue weighted by atomic mass is 10.0. The van der Waals surface area contributed by atoms with Crippen LogP contribution in [-0.4, -0.2) is 18.1 Å². The second kappa shape index (κ2) is 6.63. The highest BCUT2D eigenvalue weighted by Gasteiger charge is 2.13. The molecule has 2 rings (SSSR count). The average Bonchev–Trinajstić information content (AvgIpc) is 2.85. The van der Waals surface area contributed by atoms with Crippen LogP contribution in [0.3, 0.4) is 0 Å². The van der Waals surface area contributed by atoms with Crippen LogP contribution >= 0.6 is 11.8 Å². The van der Waals surface area contributed by atoms with Crippen molar-refractivity contribution in [3.63, 3.8) is 0 Å². The molecule has 0 amide bonds. The molecule has 0 aliphatic heterocycles. The summed E-state index contributed by atoms with van der Waals surface area (Å²) < 4.78 is 0. The zero-order chi connectivity index (χ0) is 13.0. The zero-order valence-electron chi connectivity index (χ0n) is 11.8. The maximum absolute atomic E-state index is 3.64. The van der Waals surface area contributed by atoms with E-state index in [0.717, 1.165) is 11.8 Å². The van der Waals surface area contributed by atoms with Gasteiger partial charge < -0.3 is 5.32 Å². The summed E-state index contributed by atoms with van der Waals surface area (Å²) >= 11 is 1.95. The normalized spacial score (nSPS) is 17.5. The number of hydrogen-bond donors (Lipinski definition) is 1. The van der Waals surface area contributed by atoms with Crippen LogP contribution in [0.15, 0.2) is 18.2 Å². The number of nitrogens with one attached hydrogen (secondary N) is 1. The molecular weight excluding hydrogens is 238 g/mol. The number of benzene rings is 1. The number of hydrogen-bond acceptors (Lipinski definition) is 2. The lowest BCUT2D eigenvalue weighted by molar-refractivity contribution is 0.557. The number of rotatable bonds is 6. The summed E-state index contributed by atoms with van der Waals surface area (Å²) in [6.45, 7) is 5.69. The molecule has 0 spiro atoms. The minimum atomic E-state index is 0.477. The third-order valence-corrected chi connectivity index (χ3v) is 5.07. The first-order chi connectivity index (χ1) is 8.70. The molecule has 1 aromatic carbocycles. The molecule has 2 unspecified atom stereocenters. The Bertz CT molecular complexity index is 389. The smallest absolute Gasteiger partial charge is 0.0291 e. The first kappa shape index (κ1) is 14.0. The van der Waals surface area contributed by atoms with Crippen molar-refractivity contribution in [2.75, 3.05) is 12.8 Å². The van der Waals surface area contributed by atoms with Crippen molar-refractivity contribution in [1.82, 2.24) is 5.32 Å². The maximum Gasteiger partial charge on any atom is 0.0291 e. The van der Waals surface area contributed by atoms with Crippen LogP contribution < -0.4 is 5.32 Å². The molecule has 0 fully saturated rings. The monoisotopic (exact) mass is 263 g/mol. The summed E-state index contributed by atoms with van der Waals surface area (Å²) in [4.78, 5) is 0. The van der Waals surface area contributed by atoms with Gasteiger partial charge in [-0.3, -0.25) is 0 Å². The molecule has 0 aromatic heterocycles. The van der Waals surface area contributed by atoms with E-state index in [0.29, 0.717) is 6.04 Å². The third-order valence-electron chi connectivity index (χ3n) is 4.03. The summed E-state index contributed by atoms with van der Waals surface area (Å²) in [5.74, 6) is 0. The molecule has 1 aliphatic carbocycles. The van der Waals surface area contributed by atoms with Gasteiger partial charge in [0.25, 0.3) is 0 Å². The minimum absolute atomic E-state index is 0.477. The van der Waals surface area contributed by atoms with E-state index in [1.54, 1.807) is 11.1 Å². The predicted molar refractivity (Wildman–Crippen MR) is 82.5 cm³/mol. The second-order valence-corrected chi connectivity index (χ2v) is 6.67. The van der Waals surface area contributed by atoms with Gasteiger partial charge in [0, 0.05) is 11.3 Å². The van der Waals surface area contributed by atoms with Crippen molar-refractivity contribution in [2.45, 2.75) is 50.8 Å². The quantitative estimate of drug-likeness (QED) is 0.833. The van der Waals surface area contributed by atoms with E-state index in [2.05, 4.69) is 43.6 Å². The van der Waals surface area contributed by atoms with Gasteiger partial charge in [0.15, 0.2) is 0 Å². The second-order valence-electron chi connectivity index (χ2n) is 5.39. The van der Waals surface area contributed by atoms with E-state index in [9.17, 15) is 0 Å². The standard InChI is InChI=1S/C16H25NS/c1-12(18-3)9-10-17-13(2)15-8-7-14-5-4-6-16(14)11-15/h7-8,11-13,17H,4-6,9-10H2,1-3H3. The highest BCUT2D eigenvalue weighted by atomic mass is 32.2. The molecule has 0 heterocycles. The van der Waals surface area contributed by atoms with E-state index in [4.69, 9.17) is 0 Å². The Morgan fingerprint density at radius 3 is 2.78 bits per heavy atom. The van der Waals surface area contributed by atoms with Gasteiger partial charge in [0.2, 0.25) is 0 Å². The molecule has 0 radical (unpaired) electrons. The fourth-order valence-corrected chi connectivity index (χ4v) is 2.95. The van der Waals surface area contributed by atoms with Crippen LogP contribution in [0, 0.1) is 0 Å². The van der Waals surface area contributed by atoms with Crippen LogP contribution in [0.25, 0.3) is 0 Å². The van der Waals surface area contributed by atoms with Crippen molar-refractivity contribution >= 4 is 11.8 Å². The van der Waals surface area contributed by atoms with Crippen molar-refractivity contribution in [3.05, 3.63) is 34.9 Å². The summed E-state index contributed by atoms with van der Waals surface area (Å²) in [5, 5.41) is 4.40. The molecule has 1 N–H and O–H groups in total. The van der Waals surface area contributed by atoms with E-state index in [1.165, 1.54) is 31.2 Å². The molecule has 2 atom stereocenters. The van der Waals surface area contributed by atoms with Gasteiger partial charge in [-0.25, -0.2) is 0 Å².